The van der Waals surface area contributed by atoms with Crippen LogP contribution in [-0.2, 0) is 9.53 Å². The fourth-order valence-corrected chi connectivity index (χ4v) is 3.39. The average Bonchev–Trinajstić information content (AvgIpc) is 3.15. The van der Waals surface area contributed by atoms with Gasteiger partial charge in [-0.15, -0.1) is 0 Å². The summed E-state index contributed by atoms with van der Waals surface area (Å²) >= 11 is 11.9. The van der Waals surface area contributed by atoms with Crippen LogP contribution in [0.3, 0.4) is 0 Å². The molecule has 3 aromatic carbocycles. The van der Waals surface area contributed by atoms with Gasteiger partial charge in [0.15, 0.2) is 5.70 Å². The third kappa shape index (κ3) is 4.92. The summed E-state index contributed by atoms with van der Waals surface area (Å²) in [5.41, 5.74) is 0.792. The molecule has 0 saturated heterocycles. The minimum Gasteiger partial charge on any atom is -0.422 e. The van der Waals surface area contributed by atoms with Gasteiger partial charge in [-0.1, -0.05) is 41.4 Å². The number of nitrogens with zero attached hydrogens (tertiary/aromatic N) is 2. The summed E-state index contributed by atoms with van der Waals surface area (Å²) in [6.07, 6.45) is 1.41. The molecule has 0 aromatic heterocycles. The molecule has 0 N–H and O–H groups in total. The number of hydrogen-bond donors (Lipinski definition) is 0. The van der Waals surface area contributed by atoms with Gasteiger partial charge in [0.25, 0.3) is 5.69 Å². The van der Waals surface area contributed by atoms with Crippen molar-refractivity contribution in [3.8, 4) is 5.75 Å². The van der Waals surface area contributed by atoms with E-state index in [0.29, 0.717) is 16.1 Å². The van der Waals surface area contributed by atoms with E-state index < -0.39 is 16.9 Å². The predicted molar refractivity (Wildman–Crippen MR) is 122 cm³/mol. The molecule has 1 heterocycles. The van der Waals surface area contributed by atoms with E-state index in [1.54, 1.807) is 24.3 Å². The van der Waals surface area contributed by atoms with E-state index in [1.165, 1.54) is 48.5 Å². The van der Waals surface area contributed by atoms with Crippen LogP contribution in [0.25, 0.3) is 6.08 Å². The van der Waals surface area contributed by atoms with Gasteiger partial charge < -0.3 is 9.47 Å². The molecule has 0 bridgehead atoms. The molecular formula is C23H12Cl2N2O6. The molecule has 4 rings (SSSR count). The third-order valence-corrected chi connectivity index (χ3v) is 5.06. The number of nitro benzene ring substituents is 1. The lowest BCUT2D eigenvalue weighted by Gasteiger charge is -2.09. The highest BCUT2D eigenvalue weighted by Crippen LogP contribution is 2.27. The number of carbonyl (C=O) groups excluding carboxylic acids is 2. The Hall–Kier alpha value is -4.01. The number of halogens is 2. The largest absolute Gasteiger partial charge is 0.422 e. The first-order chi connectivity index (χ1) is 15.8. The molecule has 0 spiro atoms. The number of non-ortho nitro benzene ring substituents is 1. The van der Waals surface area contributed by atoms with Gasteiger partial charge in [0, 0.05) is 28.3 Å². The number of nitro groups is 1. The summed E-state index contributed by atoms with van der Waals surface area (Å²) in [7, 11) is 0. The molecule has 164 valence electrons. The van der Waals surface area contributed by atoms with Crippen LogP contribution in [0.1, 0.15) is 21.5 Å². The Labute approximate surface area is 196 Å². The molecule has 0 aliphatic carbocycles. The Bertz CT molecular complexity index is 1350. The molecule has 33 heavy (non-hydrogen) atoms. The molecule has 10 heteroatoms. The minimum absolute atomic E-state index is 0.00331. The molecule has 0 unspecified atom stereocenters. The van der Waals surface area contributed by atoms with Crippen LogP contribution in [0.4, 0.5) is 5.69 Å². The molecule has 0 fully saturated rings. The third-order valence-electron chi connectivity index (χ3n) is 4.51. The number of benzene rings is 3. The van der Waals surface area contributed by atoms with Crippen molar-refractivity contribution in [3.05, 3.63) is 109 Å². The highest BCUT2D eigenvalue weighted by atomic mass is 35.5. The highest BCUT2D eigenvalue weighted by Gasteiger charge is 2.25. The first-order valence-corrected chi connectivity index (χ1v) is 10.1. The number of carbonyl (C=O) groups is 2. The number of aliphatic imine (C=N–C) groups is 1. The number of esters is 2. The zero-order valence-electron chi connectivity index (χ0n) is 16.5. The Morgan fingerprint density at radius 1 is 1.06 bits per heavy atom. The first-order valence-electron chi connectivity index (χ1n) is 9.35. The molecule has 0 atom stereocenters. The van der Waals surface area contributed by atoms with E-state index in [1.807, 2.05) is 0 Å². The van der Waals surface area contributed by atoms with Crippen LogP contribution in [0.2, 0.25) is 10.0 Å². The standard InChI is InChI=1S/C23H12Cl2N2O6/c24-15-7-10-17(18(25)12-15)22(28)32-20-4-2-1-3-14(20)11-19-23(29)33-21(26-19)13-5-8-16(9-6-13)27(30)31/h1-12H/b19-11+. The van der Waals surface area contributed by atoms with Crippen molar-refractivity contribution >= 4 is 52.8 Å². The molecule has 1 aliphatic heterocycles. The summed E-state index contributed by atoms with van der Waals surface area (Å²) in [5.74, 6) is -1.24. The van der Waals surface area contributed by atoms with Crippen molar-refractivity contribution < 1.29 is 24.0 Å². The lowest BCUT2D eigenvalue weighted by molar-refractivity contribution is -0.384. The van der Waals surface area contributed by atoms with Crippen molar-refractivity contribution in [1.82, 2.24) is 0 Å². The maximum absolute atomic E-state index is 12.6. The minimum atomic E-state index is -0.717. The lowest BCUT2D eigenvalue weighted by atomic mass is 10.1. The number of para-hydroxylation sites is 1. The van der Waals surface area contributed by atoms with Crippen molar-refractivity contribution in [3.63, 3.8) is 0 Å². The van der Waals surface area contributed by atoms with Crippen molar-refractivity contribution in [1.29, 1.82) is 0 Å². The SMILES string of the molecule is O=C1OC(c2ccc([N+](=O)[O-])cc2)=N/C1=C/c1ccccc1OC(=O)c1ccc(Cl)cc1Cl. The lowest BCUT2D eigenvalue weighted by Crippen LogP contribution is -2.10. The van der Waals surface area contributed by atoms with Crippen LogP contribution in [0, 0.1) is 10.1 Å². The van der Waals surface area contributed by atoms with E-state index in [4.69, 9.17) is 32.7 Å². The van der Waals surface area contributed by atoms with Gasteiger partial charge in [-0.2, -0.15) is 0 Å². The summed E-state index contributed by atoms with van der Waals surface area (Å²) < 4.78 is 10.7. The normalized spacial score (nSPS) is 14.1. The Balaban J connectivity index is 1.61. The van der Waals surface area contributed by atoms with Gasteiger partial charge >= 0.3 is 11.9 Å². The second-order valence-corrected chi connectivity index (χ2v) is 7.54. The monoisotopic (exact) mass is 482 g/mol. The zero-order valence-corrected chi connectivity index (χ0v) is 18.0. The van der Waals surface area contributed by atoms with Gasteiger partial charge in [-0.25, -0.2) is 14.6 Å². The number of hydrogen-bond acceptors (Lipinski definition) is 7. The van der Waals surface area contributed by atoms with Gasteiger partial charge in [0.2, 0.25) is 5.90 Å². The van der Waals surface area contributed by atoms with E-state index in [0.717, 1.165) is 0 Å². The van der Waals surface area contributed by atoms with E-state index in [2.05, 4.69) is 4.99 Å². The molecule has 1 aliphatic rings. The van der Waals surface area contributed by atoms with E-state index in [-0.39, 0.29) is 33.6 Å². The van der Waals surface area contributed by atoms with Crippen molar-refractivity contribution in [2.24, 2.45) is 4.99 Å². The second-order valence-electron chi connectivity index (χ2n) is 6.69. The summed E-state index contributed by atoms with van der Waals surface area (Å²) in [6.45, 7) is 0. The Morgan fingerprint density at radius 3 is 2.48 bits per heavy atom. The average molecular weight is 483 g/mol. The summed E-state index contributed by atoms with van der Waals surface area (Å²) in [4.78, 5) is 39.3. The fraction of sp³-hybridized carbons (Fsp3) is 0. The number of rotatable bonds is 5. The first kappa shape index (κ1) is 22.2. The summed E-state index contributed by atoms with van der Waals surface area (Å²) in [6, 6.07) is 16.3. The van der Waals surface area contributed by atoms with Gasteiger partial charge in [-0.3, -0.25) is 10.1 Å². The number of cyclic esters (lactones) is 1. The van der Waals surface area contributed by atoms with Gasteiger partial charge in [0.1, 0.15) is 5.75 Å². The molecule has 3 aromatic rings. The van der Waals surface area contributed by atoms with E-state index >= 15 is 0 Å². The molecule has 0 amide bonds. The van der Waals surface area contributed by atoms with Gasteiger partial charge in [-0.05, 0) is 42.5 Å². The molecule has 8 nitrogen and oxygen atoms in total. The fourth-order valence-electron chi connectivity index (χ4n) is 2.91. The highest BCUT2D eigenvalue weighted by molar-refractivity contribution is 6.36. The smallest absolute Gasteiger partial charge is 0.363 e. The maximum Gasteiger partial charge on any atom is 0.363 e. The van der Waals surface area contributed by atoms with Crippen molar-refractivity contribution in [2.75, 3.05) is 0 Å². The van der Waals surface area contributed by atoms with Crippen LogP contribution in [0.5, 0.6) is 5.75 Å². The predicted octanol–water partition coefficient (Wildman–Crippen LogP) is 5.47. The Kier molecular flexibility index (Phi) is 6.21. The number of ether oxygens (including phenoxy) is 2. The molecular weight excluding hydrogens is 471 g/mol. The second kappa shape index (κ2) is 9.23. The summed E-state index contributed by atoms with van der Waals surface area (Å²) in [5, 5.41) is 11.3. The maximum atomic E-state index is 12.6. The molecule has 0 saturated carbocycles. The van der Waals surface area contributed by atoms with E-state index in [9.17, 15) is 19.7 Å². The van der Waals surface area contributed by atoms with Gasteiger partial charge in [0.05, 0.1) is 15.5 Å². The van der Waals surface area contributed by atoms with Crippen LogP contribution in [-0.4, -0.2) is 22.8 Å². The Morgan fingerprint density at radius 2 is 1.79 bits per heavy atom. The molecule has 0 radical (unpaired) electrons. The van der Waals surface area contributed by atoms with Crippen LogP contribution in [0.15, 0.2) is 77.4 Å². The van der Waals surface area contributed by atoms with Crippen LogP contribution < -0.4 is 4.74 Å². The zero-order chi connectivity index (χ0) is 23.5. The quantitative estimate of drug-likeness (QED) is 0.157. The topological polar surface area (TPSA) is 108 Å². The van der Waals surface area contributed by atoms with Crippen molar-refractivity contribution in [2.45, 2.75) is 0 Å². The van der Waals surface area contributed by atoms with Crippen LogP contribution >= 0.6 is 23.2 Å².